The average Bonchev–Trinajstić information content (AvgIpc) is 3.01. The number of phenols is 1. The van der Waals surface area contributed by atoms with Crippen LogP contribution in [0.1, 0.15) is 17.2 Å². The molecule has 158 valence electrons. The van der Waals surface area contributed by atoms with Gasteiger partial charge in [0.15, 0.2) is 0 Å². The normalized spacial score (nSPS) is 18.1. The second-order valence-corrected chi connectivity index (χ2v) is 6.65. The monoisotopic (exact) mass is 413 g/mol. The van der Waals surface area contributed by atoms with Crippen molar-refractivity contribution in [1.82, 2.24) is 4.90 Å². The van der Waals surface area contributed by atoms with Crippen LogP contribution in [0, 0.1) is 0 Å². The Bertz CT molecular complexity index is 952. The molecule has 1 fully saturated rings. The van der Waals surface area contributed by atoms with Crippen molar-refractivity contribution in [3.05, 3.63) is 65.2 Å². The van der Waals surface area contributed by atoms with E-state index < -0.39 is 17.7 Å². The van der Waals surface area contributed by atoms with Gasteiger partial charge in [-0.25, -0.2) is 0 Å². The van der Waals surface area contributed by atoms with Gasteiger partial charge >= 0.3 is 0 Å². The molecule has 30 heavy (non-hydrogen) atoms. The van der Waals surface area contributed by atoms with Crippen molar-refractivity contribution in [3.8, 4) is 11.5 Å². The molecular formula is C22H23NO7. The number of benzene rings is 2. The molecule has 0 radical (unpaired) electrons. The van der Waals surface area contributed by atoms with Gasteiger partial charge in [-0.05, 0) is 42.0 Å². The van der Waals surface area contributed by atoms with Crippen molar-refractivity contribution in [1.29, 1.82) is 0 Å². The molecule has 0 spiro atoms. The van der Waals surface area contributed by atoms with Crippen molar-refractivity contribution in [2.75, 3.05) is 33.5 Å². The Morgan fingerprint density at radius 2 is 1.83 bits per heavy atom. The molecule has 1 saturated heterocycles. The van der Waals surface area contributed by atoms with E-state index in [9.17, 15) is 19.8 Å². The zero-order chi connectivity index (χ0) is 21.7. The summed E-state index contributed by atoms with van der Waals surface area (Å²) < 4.78 is 10.4. The molecule has 0 bridgehead atoms. The van der Waals surface area contributed by atoms with E-state index in [0.29, 0.717) is 16.9 Å². The van der Waals surface area contributed by atoms with Gasteiger partial charge in [-0.3, -0.25) is 9.59 Å². The molecule has 3 N–H and O–H groups in total. The lowest BCUT2D eigenvalue weighted by Gasteiger charge is -2.25. The minimum absolute atomic E-state index is 0.0286. The van der Waals surface area contributed by atoms with Gasteiger partial charge in [-0.1, -0.05) is 12.1 Å². The maximum absolute atomic E-state index is 12.8. The molecule has 2 aromatic carbocycles. The van der Waals surface area contributed by atoms with Crippen LogP contribution in [-0.4, -0.2) is 65.4 Å². The van der Waals surface area contributed by atoms with Crippen LogP contribution in [0.4, 0.5) is 0 Å². The zero-order valence-electron chi connectivity index (χ0n) is 16.4. The third-order valence-corrected chi connectivity index (χ3v) is 4.80. The van der Waals surface area contributed by atoms with Crippen LogP contribution in [0.15, 0.2) is 54.1 Å². The molecule has 1 amide bonds. The summed E-state index contributed by atoms with van der Waals surface area (Å²) in [5, 5.41) is 29.7. The van der Waals surface area contributed by atoms with Crippen molar-refractivity contribution in [2.45, 2.75) is 6.04 Å². The number of amides is 1. The molecule has 0 saturated carbocycles. The Hall–Kier alpha value is -3.36. The Kier molecular flexibility index (Phi) is 6.71. The predicted molar refractivity (Wildman–Crippen MR) is 108 cm³/mol. The van der Waals surface area contributed by atoms with Gasteiger partial charge < -0.3 is 29.7 Å². The lowest BCUT2D eigenvalue weighted by molar-refractivity contribution is -0.140. The van der Waals surface area contributed by atoms with Crippen LogP contribution >= 0.6 is 0 Å². The SMILES string of the molecule is COc1ccc(C(O)=C2C(=O)C(=O)N(CCOCCO)C2c2cccc(O)c2)cc1. The van der Waals surface area contributed by atoms with Gasteiger partial charge in [0.2, 0.25) is 0 Å². The third kappa shape index (κ3) is 4.29. The highest BCUT2D eigenvalue weighted by molar-refractivity contribution is 6.46. The van der Waals surface area contributed by atoms with Crippen molar-refractivity contribution >= 4 is 17.4 Å². The first-order valence-corrected chi connectivity index (χ1v) is 9.38. The first-order valence-electron chi connectivity index (χ1n) is 9.38. The van der Waals surface area contributed by atoms with E-state index in [2.05, 4.69) is 0 Å². The number of ether oxygens (including phenoxy) is 2. The van der Waals surface area contributed by atoms with E-state index in [1.54, 1.807) is 36.4 Å². The Labute approximate surface area is 173 Å². The predicted octanol–water partition coefficient (Wildman–Crippen LogP) is 1.83. The van der Waals surface area contributed by atoms with Crippen molar-refractivity contribution in [2.24, 2.45) is 0 Å². The summed E-state index contributed by atoms with van der Waals surface area (Å²) in [6, 6.07) is 11.7. The quantitative estimate of drug-likeness (QED) is 0.262. The number of ketones is 1. The van der Waals surface area contributed by atoms with E-state index in [1.807, 2.05) is 0 Å². The molecule has 0 aromatic heterocycles. The van der Waals surface area contributed by atoms with E-state index in [-0.39, 0.29) is 43.4 Å². The number of hydrogen-bond donors (Lipinski definition) is 3. The van der Waals surface area contributed by atoms with Gasteiger partial charge in [0, 0.05) is 12.1 Å². The number of aromatic hydroxyl groups is 1. The number of likely N-dealkylation sites (tertiary alicyclic amines) is 1. The Morgan fingerprint density at radius 1 is 1.10 bits per heavy atom. The van der Waals surface area contributed by atoms with Crippen LogP contribution in [0.25, 0.3) is 5.76 Å². The largest absolute Gasteiger partial charge is 0.508 e. The van der Waals surface area contributed by atoms with E-state index >= 15 is 0 Å². The average molecular weight is 413 g/mol. The number of phenolic OH excluding ortho intramolecular Hbond substituents is 1. The summed E-state index contributed by atoms with van der Waals surface area (Å²) in [5.41, 5.74) is 0.764. The van der Waals surface area contributed by atoms with E-state index in [1.165, 1.54) is 24.1 Å². The molecule has 2 aromatic rings. The molecule has 3 rings (SSSR count). The summed E-state index contributed by atoms with van der Waals surface area (Å²) in [5.74, 6) is -1.36. The fraction of sp³-hybridized carbons (Fsp3) is 0.273. The first kappa shape index (κ1) is 21.4. The smallest absolute Gasteiger partial charge is 0.295 e. The van der Waals surface area contributed by atoms with Crippen LogP contribution in [0.2, 0.25) is 0 Å². The van der Waals surface area contributed by atoms with Crippen molar-refractivity contribution < 1.29 is 34.4 Å². The van der Waals surface area contributed by atoms with E-state index in [4.69, 9.17) is 14.6 Å². The standard InChI is InChI=1S/C22H23NO7/c1-29-17-7-5-14(6-8-17)20(26)18-19(15-3-2-4-16(25)13-15)23(22(28)21(18)27)9-11-30-12-10-24/h2-8,13,19,24-26H,9-12H2,1H3. The minimum atomic E-state index is -0.892. The highest BCUT2D eigenvalue weighted by Gasteiger charge is 2.45. The third-order valence-electron chi connectivity index (χ3n) is 4.80. The van der Waals surface area contributed by atoms with E-state index in [0.717, 1.165) is 0 Å². The van der Waals surface area contributed by atoms with Gasteiger partial charge in [0.1, 0.15) is 17.3 Å². The van der Waals surface area contributed by atoms with Crippen LogP contribution in [0.3, 0.4) is 0 Å². The number of rotatable bonds is 8. The lowest BCUT2D eigenvalue weighted by atomic mass is 9.95. The molecule has 0 aliphatic carbocycles. The van der Waals surface area contributed by atoms with Gasteiger partial charge in [-0.2, -0.15) is 0 Å². The minimum Gasteiger partial charge on any atom is -0.508 e. The number of carbonyl (C=O) groups excluding carboxylic acids is 2. The first-order chi connectivity index (χ1) is 14.5. The molecule has 8 heteroatoms. The Balaban J connectivity index is 2.06. The highest BCUT2D eigenvalue weighted by Crippen LogP contribution is 2.40. The number of aliphatic hydroxyl groups excluding tert-OH is 2. The summed E-state index contributed by atoms with van der Waals surface area (Å²) in [4.78, 5) is 26.9. The fourth-order valence-electron chi connectivity index (χ4n) is 3.39. The molecule has 1 unspecified atom stereocenters. The molecule has 1 aliphatic rings. The number of Topliss-reactive ketones (excluding diaryl/α,β-unsaturated/α-hetero) is 1. The fourth-order valence-corrected chi connectivity index (χ4v) is 3.39. The number of aliphatic hydroxyl groups is 2. The van der Waals surface area contributed by atoms with Gasteiger partial charge in [0.05, 0.1) is 38.5 Å². The molecule has 1 heterocycles. The molecule has 1 atom stereocenters. The highest BCUT2D eigenvalue weighted by atomic mass is 16.5. The topological polar surface area (TPSA) is 117 Å². The second-order valence-electron chi connectivity index (χ2n) is 6.65. The van der Waals surface area contributed by atoms with Crippen molar-refractivity contribution in [3.63, 3.8) is 0 Å². The summed E-state index contributed by atoms with van der Waals surface area (Å²) in [6.07, 6.45) is 0. The van der Waals surface area contributed by atoms with Gasteiger partial charge in [0.25, 0.3) is 11.7 Å². The number of carbonyl (C=O) groups is 2. The molecule has 8 nitrogen and oxygen atoms in total. The number of nitrogens with zero attached hydrogens (tertiary/aromatic N) is 1. The summed E-state index contributed by atoms with van der Waals surface area (Å²) >= 11 is 0. The second kappa shape index (κ2) is 9.43. The Morgan fingerprint density at radius 3 is 2.47 bits per heavy atom. The van der Waals surface area contributed by atoms with Crippen LogP contribution in [-0.2, 0) is 14.3 Å². The molecule has 1 aliphatic heterocycles. The maximum Gasteiger partial charge on any atom is 0.295 e. The lowest BCUT2D eigenvalue weighted by Crippen LogP contribution is -2.33. The summed E-state index contributed by atoms with van der Waals surface area (Å²) in [7, 11) is 1.52. The number of hydrogen-bond acceptors (Lipinski definition) is 7. The van der Waals surface area contributed by atoms with Crippen LogP contribution in [0.5, 0.6) is 11.5 Å². The summed E-state index contributed by atoms with van der Waals surface area (Å²) in [6.45, 7) is 0.120. The zero-order valence-corrected chi connectivity index (χ0v) is 16.4. The van der Waals surface area contributed by atoms with Gasteiger partial charge in [-0.15, -0.1) is 0 Å². The van der Waals surface area contributed by atoms with Crippen LogP contribution < -0.4 is 4.74 Å². The molecular weight excluding hydrogens is 390 g/mol. The maximum atomic E-state index is 12.8. The number of methoxy groups -OCH3 is 1.